The van der Waals surface area contributed by atoms with Gasteiger partial charge in [-0.15, -0.1) is 11.6 Å². The summed E-state index contributed by atoms with van der Waals surface area (Å²) in [4.78, 5) is 0. The Balaban J connectivity index is 2.20. The van der Waals surface area contributed by atoms with Gasteiger partial charge in [0, 0.05) is 19.0 Å². The lowest BCUT2D eigenvalue weighted by Gasteiger charge is -2.32. The van der Waals surface area contributed by atoms with E-state index >= 15 is 0 Å². The largest absolute Gasteiger partial charge is 0.280 e. The molecule has 0 aliphatic carbocycles. The lowest BCUT2D eigenvalue weighted by molar-refractivity contribution is 0.388. The Kier molecular flexibility index (Phi) is 5.66. The molecule has 0 aromatic heterocycles. The van der Waals surface area contributed by atoms with Crippen LogP contribution >= 0.6 is 11.6 Å². The summed E-state index contributed by atoms with van der Waals surface area (Å²) in [5.41, 5.74) is 0.0759. The molecule has 1 aliphatic rings. The quantitative estimate of drug-likeness (QED) is 0.844. The van der Waals surface area contributed by atoms with E-state index in [0.29, 0.717) is 13.1 Å². The second-order valence-electron chi connectivity index (χ2n) is 5.75. The number of nitrogens with one attached hydrogen (secondary N) is 1. The summed E-state index contributed by atoms with van der Waals surface area (Å²) in [6.45, 7) is 3.00. The van der Waals surface area contributed by atoms with Gasteiger partial charge in [-0.05, 0) is 25.3 Å². The van der Waals surface area contributed by atoms with Crippen LogP contribution in [0.2, 0.25) is 0 Å². The van der Waals surface area contributed by atoms with Gasteiger partial charge in [0.1, 0.15) is 0 Å². The number of rotatable bonds is 5. The number of benzene rings is 1. The van der Waals surface area contributed by atoms with Gasteiger partial charge in [-0.2, -0.15) is 17.4 Å². The van der Waals surface area contributed by atoms with Crippen molar-refractivity contribution in [2.24, 2.45) is 0 Å². The van der Waals surface area contributed by atoms with E-state index in [2.05, 4.69) is 4.72 Å². The molecule has 2 rings (SSSR count). The minimum absolute atomic E-state index is 0.185. The summed E-state index contributed by atoms with van der Waals surface area (Å²) >= 11 is 6.08. The van der Waals surface area contributed by atoms with Crippen LogP contribution in [0.1, 0.15) is 38.2 Å². The van der Waals surface area contributed by atoms with E-state index in [0.717, 1.165) is 31.2 Å². The highest BCUT2D eigenvalue weighted by Gasteiger charge is 2.34. The average Bonchev–Trinajstić information content (AvgIpc) is 2.77. The predicted octanol–water partition coefficient (Wildman–Crippen LogP) is 2.85. The lowest BCUT2D eigenvalue weighted by Crippen LogP contribution is -2.51. The fraction of sp³-hybridized carbons (Fsp3) is 0.600. The first-order valence-corrected chi connectivity index (χ1v) is 9.36. The zero-order chi connectivity index (χ0) is 15.3. The van der Waals surface area contributed by atoms with Crippen LogP contribution < -0.4 is 4.72 Å². The highest BCUT2D eigenvalue weighted by molar-refractivity contribution is 7.87. The van der Waals surface area contributed by atoms with Crippen LogP contribution in [-0.2, 0) is 15.7 Å². The van der Waals surface area contributed by atoms with Gasteiger partial charge in [0.25, 0.3) is 10.2 Å². The molecule has 0 radical (unpaired) electrons. The van der Waals surface area contributed by atoms with Crippen molar-refractivity contribution in [2.75, 3.05) is 19.0 Å². The standard InChI is InChI=1S/C15H23ClN2O2S/c1-15(13-16,14-9-5-4-6-10-14)17-21(19,20)18-11-7-2-3-8-12-18/h4-6,9-10,17H,2-3,7-8,11-13H2,1H3. The molecule has 4 nitrogen and oxygen atoms in total. The molecule has 1 N–H and O–H groups in total. The third-order valence-corrected chi connectivity index (χ3v) is 6.23. The summed E-state index contributed by atoms with van der Waals surface area (Å²) in [6.07, 6.45) is 4.03. The SMILES string of the molecule is CC(CCl)(NS(=O)(=O)N1CCCCCC1)c1ccccc1. The van der Waals surface area contributed by atoms with Gasteiger partial charge < -0.3 is 0 Å². The van der Waals surface area contributed by atoms with Crippen LogP contribution in [0.4, 0.5) is 0 Å². The fourth-order valence-corrected chi connectivity index (χ4v) is 4.53. The third-order valence-electron chi connectivity index (χ3n) is 3.94. The molecule has 1 aliphatic heterocycles. The highest BCUT2D eigenvalue weighted by Crippen LogP contribution is 2.24. The van der Waals surface area contributed by atoms with Crippen LogP contribution in [0, 0.1) is 0 Å². The maximum Gasteiger partial charge on any atom is 0.280 e. The summed E-state index contributed by atoms with van der Waals surface area (Å²) < 4.78 is 29.6. The van der Waals surface area contributed by atoms with Crippen molar-refractivity contribution < 1.29 is 8.42 Å². The van der Waals surface area contributed by atoms with E-state index in [-0.39, 0.29) is 5.88 Å². The summed E-state index contributed by atoms with van der Waals surface area (Å²) in [6, 6.07) is 9.48. The minimum atomic E-state index is -3.53. The lowest BCUT2D eigenvalue weighted by atomic mass is 9.96. The molecule has 0 spiro atoms. The molecule has 118 valence electrons. The highest BCUT2D eigenvalue weighted by atomic mass is 35.5. The van der Waals surface area contributed by atoms with Crippen LogP contribution in [0.25, 0.3) is 0 Å². The fourth-order valence-electron chi connectivity index (χ4n) is 2.60. The topological polar surface area (TPSA) is 49.4 Å². The Morgan fingerprint density at radius 2 is 1.71 bits per heavy atom. The molecule has 21 heavy (non-hydrogen) atoms. The number of alkyl halides is 1. The second-order valence-corrected chi connectivity index (χ2v) is 7.69. The van der Waals surface area contributed by atoms with E-state index < -0.39 is 15.7 Å². The minimum Gasteiger partial charge on any atom is -0.195 e. The zero-order valence-electron chi connectivity index (χ0n) is 12.4. The number of hydrogen-bond acceptors (Lipinski definition) is 2. The van der Waals surface area contributed by atoms with Crippen LogP contribution in [0.3, 0.4) is 0 Å². The molecule has 1 atom stereocenters. The number of nitrogens with zero attached hydrogens (tertiary/aromatic N) is 1. The monoisotopic (exact) mass is 330 g/mol. The molecule has 1 saturated heterocycles. The molecule has 1 unspecified atom stereocenters. The average molecular weight is 331 g/mol. The van der Waals surface area contributed by atoms with E-state index in [4.69, 9.17) is 11.6 Å². The summed E-state index contributed by atoms with van der Waals surface area (Å²) in [5, 5.41) is 0. The van der Waals surface area contributed by atoms with Gasteiger partial charge >= 0.3 is 0 Å². The van der Waals surface area contributed by atoms with Gasteiger partial charge in [0.2, 0.25) is 0 Å². The summed E-state index contributed by atoms with van der Waals surface area (Å²) in [7, 11) is -3.53. The Labute approximate surface area is 132 Å². The van der Waals surface area contributed by atoms with Crippen LogP contribution in [0.5, 0.6) is 0 Å². The van der Waals surface area contributed by atoms with Crippen molar-refractivity contribution >= 4 is 21.8 Å². The first-order chi connectivity index (χ1) is 9.98. The van der Waals surface area contributed by atoms with Crippen molar-refractivity contribution in [3.05, 3.63) is 35.9 Å². The van der Waals surface area contributed by atoms with Crippen molar-refractivity contribution in [2.45, 2.75) is 38.1 Å². The van der Waals surface area contributed by atoms with Crippen molar-refractivity contribution in [3.8, 4) is 0 Å². The summed E-state index contributed by atoms with van der Waals surface area (Å²) in [5.74, 6) is 0.185. The van der Waals surface area contributed by atoms with Gasteiger partial charge in [-0.1, -0.05) is 43.2 Å². The van der Waals surface area contributed by atoms with Crippen molar-refractivity contribution in [3.63, 3.8) is 0 Å². The normalized spacial score (nSPS) is 20.7. The Bertz CT molecular complexity index is 542. The maximum atomic E-state index is 12.6. The van der Waals surface area contributed by atoms with E-state index in [9.17, 15) is 8.42 Å². The first-order valence-electron chi connectivity index (χ1n) is 7.38. The molecule has 0 amide bonds. The molecule has 1 fully saturated rings. The molecule has 6 heteroatoms. The van der Waals surface area contributed by atoms with Crippen molar-refractivity contribution in [1.82, 2.24) is 9.03 Å². The second kappa shape index (κ2) is 7.09. The van der Waals surface area contributed by atoms with Crippen LogP contribution in [-0.4, -0.2) is 31.7 Å². The smallest absolute Gasteiger partial charge is 0.195 e. The van der Waals surface area contributed by atoms with E-state index in [1.807, 2.05) is 37.3 Å². The first kappa shape index (κ1) is 16.7. The Morgan fingerprint density at radius 1 is 1.14 bits per heavy atom. The predicted molar refractivity (Wildman–Crippen MR) is 86.6 cm³/mol. The number of halogens is 1. The van der Waals surface area contributed by atoms with E-state index in [1.54, 1.807) is 4.31 Å². The Hall–Kier alpha value is -0.620. The van der Waals surface area contributed by atoms with Gasteiger partial charge in [0.15, 0.2) is 0 Å². The number of hydrogen-bond donors (Lipinski definition) is 1. The molecule has 0 saturated carbocycles. The van der Waals surface area contributed by atoms with Gasteiger partial charge in [-0.3, -0.25) is 0 Å². The zero-order valence-corrected chi connectivity index (χ0v) is 14.0. The molecular weight excluding hydrogens is 308 g/mol. The molecule has 1 aromatic carbocycles. The van der Waals surface area contributed by atoms with Gasteiger partial charge in [0.05, 0.1) is 5.54 Å². The third kappa shape index (κ3) is 4.19. The molecule has 1 aromatic rings. The molecular formula is C15H23ClN2O2S. The van der Waals surface area contributed by atoms with Crippen molar-refractivity contribution in [1.29, 1.82) is 0 Å². The van der Waals surface area contributed by atoms with Crippen LogP contribution in [0.15, 0.2) is 30.3 Å². The maximum absolute atomic E-state index is 12.6. The van der Waals surface area contributed by atoms with Gasteiger partial charge in [-0.25, -0.2) is 0 Å². The Morgan fingerprint density at radius 3 is 2.24 bits per heavy atom. The molecule has 1 heterocycles. The molecule has 0 bridgehead atoms. The van der Waals surface area contributed by atoms with E-state index in [1.165, 1.54) is 0 Å².